The smallest absolute Gasteiger partial charge is 0.134 e. The SMILES string of the molecule is C[C@@H](c1ccon1)N(C)Cc1c(Cl)ccc(O)c1Cl. The van der Waals surface area contributed by atoms with Crippen LogP contribution in [0.5, 0.6) is 5.75 Å². The van der Waals surface area contributed by atoms with Crippen molar-refractivity contribution in [3.05, 3.63) is 45.8 Å². The number of benzene rings is 1. The summed E-state index contributed by atoms with van der Waals surface area (Å²) >= 11 is 12.2. The van der Waals surface area contributed by atoms with Crippen LogP contribution in [-0.4, -0.2) is 22.2 Å². The summed E-state index contributed by atoms with van der Waals surface area (Å²) in [5, 5.41) is 14.3. The first-order valence-corrected chi connectivity index (χ1v) is 6.52. The largest absolute Gasteiger partial charge is 0.506 e. The molecule has 1 heterocycles. The van der Waals surface area contributed by atoms with E-state index < -0.39 is 0 Å². The lowest BCUT2D eigenvalue weighted by atomic mass is 10.1. The van der Waals surface area contributed by atoms with Gasteiger partial charge < -0.3 is 9.63 Å². The zero-order valence-corrected chi connectivity index (χ0v) is 12.1. The Bertz CT molecular complexity index is 558. The molecule has 2 aromatic rings. The fraction of sp³-hybridized carbons (Fsp3) is 0.308. The lowest BCUT2D eigenvalue weighted by Gasteiger charge is -2.24. The third kappa shape index (κ3) is 3.03. The molecule has 6 heteroatoms. The first-order chi connectivity index (χ1) is 9.00. The predicted octanol–water partition coefficient (Wildman–Crippen LogP) is 3.88. The number of phenols is 1. The number of phenolic OH excluding ortho intramolecular Hbond substituents is 1. The van der Waals surface area contributed by atoms with Gasteiger partial charge >= 0.3 is 0 Å². The minimum absolute atomic E-state index is 0.0311. The van der Waals surface area contributed by atoms with Gasteiger partial charge in [-0.2, -0.15) is 0 Å². The Morgan fingerprint density at radius 3 is 2.74 bits per heavy atom. The Balaban J connectivity index is 2.19. The highest BCUT2D eigenvalue weighted by molar-refractivity contribution is 6.36. The van der Waals surface area contributed by atoms with Crippen molar-refractivity contribution in [2.75, 3.05) is 7.05 Å². The van der Waals surface area contributed by atoms with Crippen LogP contribution in [-0.2, 0) is 6.54 Å². The fourth-order valence-electron chi connectivity index (χ4n) is 1.78. The number of nitrogens with zero attached hydrogens (tertiary/aromatic N) is 2. The molecule has 0 amide bonds. The first kappa shape index (κ1) is 14.2. The molecule has 0 aliphatic carbocycles. The third-order valence-electron chi connectivity index (χ3n) is 3.12. The van der Waals surface area contributed by atoms with Gasteiger partial charge in [0.15, 0.2) is 0 Å². The molecule has 0 unspecified atom stereocenters. The highest BCUT2D eigenvalue weighted by Crippen LogP contribution is 2.34. The van der Waals surface area contributed by atoms with Crippen LogP contribution in [0.15, 0.2) is 29.0 Å². The second-order valence-corrected chi connectivity index (χ2v) is 5.16. The summed E-state index contributed by atoms with van der Waals surface area (Å²) in [7, 11) is 1.93. The summed E-state index contributed by atoms with van der Waals surface area (Å²) in [6.07, 6.45) is 1.54. The average molecular weight is 301 g/mol. The van der Waals surface area contributed by atoms with E-state index in [4.69, 9.17) is 27.7 Å². The normalized spacial score (nSPS) is 12.9. The van der Waals surface area contributed by atoms with E-state index in [0.29, 0.717) is 17.1 Å². The quantitative estimate of drug-likeness (QED) is 0.931. The number of aromatic hydroxyl groups is 1. The molecule has 0 bridgehead atoms. The maximum Gasteiger partial charge on any atom is 0.134 e. The van der Waals surface area contributed by atoms with E-state index in [0.717, 1.165) is 5.69 Å². The van der Waals surface area contributed by atoms with Gasteiger partial charge in [-0.3, -0.25) is 4.90 Å². The fourth-order valence-corrected chi connectivity index (χ4v) is 2.27. The number of hydrogen-bond donors (Lipinski definition) is 1. The molecular formula is C13H14Cl2N2O2. The van der Waals surface area contributed by atoms with Crippen LogP contribution in [0, 0.1) is 0 Å². The van der Waals surface area contributed by atoms with Crippen molar-refractivity contribution in [1.82, 2.24) is 10.1 Å². The van der Waals surface area contributed by atoms with Crippen LogP contribution in [0.4, 0.5) is 0 Å². The highest BCUT2D eigenvalue weighted by atomic mass is 35.5. The van der Waals surface area contributed by atoms with E-state index in [9.17, 15) is 5.11 Å². The van der Waals surface area contributed by atoms with Crippen LogP contribution in [0.1, 0.15) is 24.2 Å². The van der Waals surface area contributed by atoms with Gasteiger partial charge in [-0.05, 0) is 26.1 Å². The number of hydrogen-bond acceptors (Lipinski definition) is 4. The van der Waals surface area contributed by atoms with Gasteiger partial charge in [-0.25, -0.2) is 0 Å². The van der Waals surface area contributed by atoms with Crippen molar-refractivity contribution < 1.29 is 9.63 Å². The van der Waals surface area contributed by atoms with Crippen molar-refractivity contribution in [1.29, 1.82) is 0 Å². The Morgan fingerprint density at radius 2 is 2.11 bits per heavy atom. The molecule has 102 valence electrons. The van der Waals surface area contributed by atoms with E-state index in [1.54, 1.807) is 6.07 Å². The molecule has 0 saturated heterocycles. The van der Waals surface area contributed by atoms with Crippen LogP contribution in [0.2, 0.25) is 10.0 Å². The maximum absolute atomic E-state index is 9.62. The summed E-state index contributed by atoms with van der Waals surface area (Å²) in [4.78, 5) is 2.02. The van der Waals surface area contributed by atoms with Gasteiger partial charge in [0, 0.05) is 23.2 Å². The average Bonchev–Trinajstić information content (AvgIpc) is 2.92. The molecule has 0 aliphatic rings. The van der Waals surface area contributed by atoms with Crippen molar-refractivity contribution in [2.45, 2.75) is 19.5 Å². The molecular weight excluding hydrogens is 287 g/mol. The van der Waals surface area contributed by atoms with E-state index in [1.165, 1.54) is 12.3 Å². The van der Waals surface area contributed by atoms with Crippen molar-refractivity contribution in [3.63, 3.8) is 0 Å². The molecule has 4 nitrogen and oxygen atoms in total. The maximum atomic E-state index is 9.62. The minimum Gasteiger partial charge on any atom is -0.506 e. The molecule has 0 saturated carbocycles. The van der Waals surface area contributed by atoms with E-state index >= 15 is 0 Å². The van der Waals surface area contributed by atoms with Crippen LogP contribution in [0.25, 0.3) is 0 Å². The molecule has 19 heavy (non-hydrogen) atoms. The zero-order valence-electron chi connectivity index (χ0n) is 10.6. The lowest BCUT2D eigenvalue weighted by Crippen LogP contribution is -2.22. The monoisotopic (exact) mass is 300 g/mol. The molecule has 2 rings (SSSR count). The Kier molecular flexibility index (Phi) is 4.34. The zero-order chi connectivity index (χ0) is 14.0. The molecule has 0 radical (unpaired) electrons. The molecule has 1 atom stereocenters. The first-order valence-electron chi connectivity index (χ1n) is 5.77. The summed E-state index contributed by atoms with van der Waals surface area (Å²) in [5.74, 6) is 0.0311. The van der Waals surface area contributed by atoms with Crippen molar-refractivity contribution in [2.24, 2.45) is 0 Å². The summed E-state index contributed by atoms with van der Waals surface area (Å²) in [6, 6.07) is 4.97. The van der Waals surface area contributed by atoms with Crippen molar-refractivity contribution >= 4 is 23.2 Å². The van der Waals surface area contributed by atoms with Gasteiger partial charge in [0.2, 0.25) is 0 Å². The summed E-state index contributed by atoms with van der Waals surface area (Å²) in [5.41, 5.74) is 1.52. The van der Waals surface area contributed by atoms with Crippen LogP contribution >= 0.6 is 23.2 Å². The van der Waals surface area contributed by atoms with Gasteiger partial charge in [0.1, 0.15) is 17.7 Å². The van der Waals surface area contributed by atoms with E-state index in [1.807, 2.05) is 24.9 Å². The van der Waals surface area contributed by atoms with Gasteiger partial charge in [-0.1, -0.05) is 28.4 Å². The molecule has 0 fully saturated rings. The van der Waals surface area contributed by atoms with E-state index in [-0.39, 0.29) is 16.8 Å². The number of halogens is 2. The summed E-state index contributed by atoms with van der Waals surface area (Å²) in [6.45, 7) is 2.50. The van der Waals surface area contributed by atoms with Crippen molar-refractivity contribution in [3.8, 4) is 5.75 Å². The van der Waals surface area contributed by atoms with E-state index in [2.05, 4.69) is 5.16 Å². The standard InChI is InChI=1S/C13H14Cl2N2O2/c1-8(11-5-6-19-16-11)17(2)7-9-10(14)3-4-12(18)13(9)15/h3-6,8,18H,7H2,1-2H3/t8-/m0/s1. The topological polar surface area (TPSA) is 49.5 Å². The van der Waals surface area contributed by atoms with Gasteiger partial charge in [-0.15, -0.1) is 0 Å². The number of rotatable bonds is 4. The second kappa shape index (κ2) is 5.82. The van der Waals surface area contributed by atoms with Gasteiger partial charge in [0.25, 0.3) is 0 Å². The predicted molar refractivity (Wildman–Crippen MR) is 74.5 cm³/mol. The Hall–Kier alpha value is -1.23. The minimum atomic E-state index is 0.0311. The molecule has 1 aromatic carbocycles. The van der Waals surface area contributed by atoms with Crippen LogP contribution < -0.4 is 0 Å². The molecule has 1 N–H and O–H groups in total. The Labute approximate surface area is 121 Å². The molecule has 1 aromatic heterocycles. The van der Waals surface area contributed by atoms with Crippen LogP contribution in [0.3, 0.4) is 0 Å². The molecule has 0 aliphatic heterocycles. The Morgan fingerprint density at radius 1 is 1.37 bits per heavy atom. The molecule has 0 spiro atoms. The van der Waals surface area contributed by atoms with Gasteiger partial charge in [0.05, 0.1) is 11.1 Å². The number of aromatic nitrogens is 1. The third-order valence-corrected chi connectivity index (χ3v) is 3.90. The second-order valence-electron chi connectivity index (χ2n) is 4.37. The lowest BCUT2D eigenvalue weighted by molar-refractivity contribution is 0.240. The highest BCUT2D eigenvalue weighted by Gasteiger charge is 2.18. The summed E-state index contributed by atoms with van der Waals surface area (Å²) < 4.78 is 4.83.